The molecule has 0 atom stereocenters. The maximum atomic E-state index is 13.3. The van der Waals surface area contributed by atoms with E-state index in [9.17, 15) is 14.0 Å². The van der Waals surface area contributed by atoms with E-state index in [2.05, 4.69) is 20.8 Å². The molecule has 0 bridgehead atoms. The van der Waals surface area contributed by atoms with Gasteiger partial charge in [0.1, 0.15) is 11.6 Å². The van der Waals surface area contributed by atoms with E-state index < -0.39 is 11.7 Å². The lowest BCUT2D eigenvalue weighted by Crippen LogP contribution is -2.14. The van der Waals surface area contributed by atoms with Gasteiger partial charge in [-0.15, -0.1) is 10.2 Å². The minimum absolute atomic E-state index is 0.104. The molecule has 2 heterocycles. The van der Waals surface area contributed by atoms with Crippen LogP contribution in [0.4, 0.5) is 15.8 Å². The van der Waals surface area contributed by atoms with Gasteiger partial charge in [-0.1, -0.05) is 17.8 Å². The van der Waals surface area contributed by atoms with Gasteiger partial charge in [-0.05, 0) is 54.6 Å². The van der Waals surface area contributed by atoms with Crippen LogP contribution in [0, 0.1) is 5.82 Å². The van der Waals surface area contributed by atoms with Gasteiger partial charge in [-0.3, -0.25) is 14.0 Å². The molecule has 162 valence electrons. The first kappa shape index (κ1) is 21.3. The van der Waals surface area contributed by atoms with E-state index in [1.54, 1.807) is 60.2 Å². The fraction of sp³-hybridized carbons (Fsp3) is 0.0909. The first-order chi connectivity index (χ1) is 15.5. The van der Waals surface area contributed by atoms with Crippen molar-refractivity contribution in [1.82, 2.24) is 14.6 Å². The third-order valence-electron chi connectivity index (χ3n) is 4.42. The number of nitrogens with zero attached hydrogens (tertiary/aromatic N) is 3. The molecule has 0 unspecified atom stereocenters. The van der Waals surface area contributed by atoms with Gasteiger partial charge in [0, 0.05) is 17.6 Å². The summed E-state index contributed by atoms with van der Waals surface area (Å²) >= 11 is 1.19. The molecule has 2 amide bonds. The monoisotopic (exact) mass is 451 g/mol. The molecule has 2 aromatic carbocycles. The number of nitrogens with one attached hydrogen (secondary N) is 2. The number of methoxy groups -OCH3 is 1. The van der Waals surface area contributed by atoms with E-state index >= 15 is 0 Å². The van der Waals surface area contributed by atoms with Gasteiger partial charge in [0.2, 0.25) is 5.91 Å². The minimum Gasteiger partial charge on any atom is -0.497 e. The van der Waals surface area contributed by atoms with Crippen molar-refractivity contribution >= 4 is 40.6 Å². The number of hydrogen-bond acceptors (Lipinski definition) is 6. The number of thioether (sulfide) groups is 1. The number of aromatic nitrogens is 3. The number of benzene rings is 2. The van der Waals surface area contributed by atoms with E-state index in [4.69, 9.17) is 4.74 Å². The highest BCUT2D eigenvalue weighted by Crippen LogP contribution is 2.20. The molecular weight excluding hydrogens is 433 g/mol. The molecule has 2 aromatic heterocycles. The third kappa shape index (κ3) is 5.03. The summed E-state index contributed by atoms with van der Waals surface area (Å²) in [6.07, 6.45) is 1.58. The number of hydrogen-bond donors (Lipinski definition) is 2. The Kier molecular flexibility index (Phi) is 6.31. The lowest BCUT2D eigenvalue weighted by molar-refractivity contribution is -0.113. The van der Waals surface area contributed by atoms with Gasteiger partial charge in [-0.2, -0.15) is 0 Å². The van der Waals surface area contributed by atoms with Crippen molar-refractivity contribution in [3.05, 3.63) is 78.2 Å². The van der Waals surface area contributed by atoms with Crippen molar-refractivity contribution in [2.75, 3.05) is 23.5 Å². The molecule has 0 aliphatic rings. The average Bonchev–Trinajstić information content (AvgIpc) is 3.20. The van der Waals surface area contributed by atoms with Gasteiger partial charge >= 0.3 is 0 Å². The Morgan fingerprint density at radius 1 is 1.03 bits per heavy atom. The quantitative estimate of drug-likeness (QED) is 0.414. The molecule has 0 radical (unpaired) electrons. The first-order valence-corrected chi connectivity index (χ1v) is 10.5. The van der Waals surface area contributed by atoms with Crippen LogP contribution >= 0.6 is 11.8 Å². The zero-order chi connectivity index (χ0) is 22.5. The van der Waals surface area contributed by atoms with Crippen molar-refractivity contribution in [3.63, 3.8) is 0 Å². The van der Waals surface area contributed by atoms with Gasteiger partial charge in [0.15, 0.2) is 10.8 Å². The Hall–Kier alpha value is -3.92. The van der Waals surface area contributed by atoms with Crippen LogP contribution in [0.5, 0.6) is 5.75 Å². The highest BCUT2D eigenvalue weighted by Gasteiger charge is 2.13. The second-order valence-electron chi connectivity index (χ2n) is 6.66. The zero-order valence-corrected chi connectivity index (χ0v) is 17.7. The van der Waals surface area contributed by atoms with Crippen molar-refractivity contribution in [3.8, 4) is 5.75 Å². The average molecular weight is 451 g/mol. The number of carbonyl (C=O) groups is 2. The van der Waals surface area contributed by atoms with Crippen LogP contribution in [0.25, 0.3) is 5.65 Å². The molecule has 10 heteroatoms. The summed E-state index contributed by atoms with van der Waals surface area (Å²) < 4.78 is 20.1. The maximum absolute atomic E-state index is 13.3. The highest BCUT2D eigenvalue weighted by molar-refractivity contribution is 7.99. The predicted octanol–water partition coefficient (Wildman–Crippen LogP) is 3.86. The normalized spacial score (nSPS) is 10.7. The second kappa shape index (κ2) is 9.48. The zero-order valence-electron chi connectivity index (χ0n) is 16.9. The smallest absolute Gasteiger partial charge is 0.257 e. The molecule has 32 heavy (non-hydrogen) atoms. The number of halogens is 1. The van der Waals surface area contributed by atoms with Crippen LogP contribution in [-0.2, 0) is 4.79 Å². The largest absolute Gasteiger partial charge is 0.497 e. The topological polar surface area (TPSA) is 97.6 Å². The fourth-order valence-corrected chi connectivity index (χ4v) is 3.59. The van der Waals surface area contributed by atoms with Gasteiger partial charge < -0.3 is 15.4 Å². The highest BCUT2D eigenvalue weighted by atomic mass is 32.2. The lowest BCUT2D eigenvalue weighted by Gasteiger charge is -2.07. The van der Waals surface area contributed by atoms with Crippen molar-refractivity contribution in [2.45, 2.75) is 5.16 Å². The Morgan fingerprint density at radius 3 is 2.59 bits per heavy atom. The molecule has 8 nitrogen and oxygen atoms in total. The number of ether oxygens (including phenoxy) is 1. The minimum atomic E-state index is -0.441. The molecule has 4 rings (SSSR count). The third-order valence-corrected chi connectivity index (χ3v) is 5.36. The SMILES string of the molecule is COc1ccc(NC(=O)CSc2nnc3ccc(C(=O)Nc4cccc(F)c4)cn23)cc1. The Bertz CT molecular complexity index is 1280. The summed E-state index contributed by atoms with van der Waals surface area (Å²) in [5.41, 5.74) is 1.87. The van der Waals surface area contributed by atoms with E-state index in [-0.39, 0.29) is 11.7 Å². The van der Waals surface area contributed by atoms with Gasteiger partial charge in [0.05, 0.1) is 18.4 Å². The van der Waals surface area contributed by atoms with Crippen LogP contribution in [0.2, 0.25) is 0 Å². The summed E-state index contributed by atoms with van der Waals surface area (Å²) in [5, 5.41) is 14.1. The van der Waals surface area contributed by atoms with Crippen LogP contribution < -0.4 is 15.4 Å². The van der Waals surface area contributed by atoms with Crippen molar-refractivity contribution in [1.29, 1.82) is 0 Å². The summed E-state index contributed by atoms with van der Waals surface area (Å²) in [7, 11) is 1.57. The molecule has 4 aromatic rings. The summed E-state index contributed by atoms with van der Waals surface area (Å²) in [5.74, 6) is -0.253. The predicted molar refractivity (Wildman–Crippen MR) is 120 cm³/mol. The second-order valence-corrected chi connectivity index (χ2v) is 7.60. The van der Waals surface area contributed by atoms with Gasteiger partial charge in [-0.25, -0.2) is 4.39 Å². The van der Waals surface area contributed by atoms with Gasteiger partial charge in [0.25, 0.3) is 5.91 Å². The number of anilines is 2. The van der Waals surface area contributed by atoms with Crippen LogP contribution in [0.1, 0.15) is 10.4 Å². The number of fused-ring (bicyclic) bond motifs is 1. The molecular formula is C22H18FN5O3S. The first-order valence-electron chi connectivity index (χ1n) is 9.50. The molecule has 0 fully saturated rings. The summed E-state index contributed by atoms with van der Waals surface area (Å²) in [4.78, 5) is 24.8. The fourth-order valence-electron chi connectivity index (χ4n) is 2.87. The molecule has 0 aliphatic heterocycles. The number of rotatable bonds is 7. The number of pyridine rings is 1. The summed E-state index contributed by atoms with van der Waals surface area (Å²) in [6.45, 7) is 0. The van der Waals surface area contributed by atoms with Crippen molar-refractivity contribution < 1.29 is 18.7 Å². The van der Waals surface area contributed by atoms with Crippen LogP contribution in [0.15, 0.2) is 72.0 Å². The molecule has 0 spiro atoms. The van der Waals surface area contributed by atoms with E-state index in [0.717, 1.165) is 0 Å². The van der Waals surface area contributed by atoms with Crippen LogP contribution in [-0.4, -0.2) is 39.3 Å². The molecule has 0 saturated carbocycles. The van der Waals surface area contributed by atoms with E-state index in [0.29, 0.717) is 33.5 Å². The molecule has 2 N–H and O–H groups in total. The van der Waals surface area contributed by atoms with Crippen LogP contribution in [0.3, 0.4) is 0 Å². The van der Waals surface area contributed by atoms with E-state index in [1.807, 2.05) is 0 Å². The molecule has 0 aliphatic carbocycles. The summed E-state index contributed by atoms with van der Waals surface area (Å²) in [6, 6.07) is 15.9. The Labute approximate surface area is 186 Å². The Morgan fingerprint density at radius 2 is 1.84 bits per heavy atom. The molecule has 0 saturated heterocycles. The number of carbonyl (C=O) groups excluding carboxylic acids is 2. The lowest BCUT2D eigenvalue weighted by atomic mass is 10.2. The number of amides is 2. The van der Waals surface area contributed by atoms with E-state index in [1.165, 1.54) is 30.0 Å². The maximum Gasteiger partial charge on any atom is 0.257 e. The standard InChI is InChI=1S/C22H18FN5O3S/c1-31-18-8-6-16(7-9-18)24-20(29)13-32-22-27-26-19-10-5-14(12-28(19)22)21(30)25-17-4-2-3-15(23)11-17/h2-12H,13H2,1H3,(H,24,29)(H,25,30). The Balaban J connectivity index is 1.42. The van der Waals surface area contributed by atoms with Crippen molar-refractivity contribution in [2.24, 2.45) is 0 Å².